The van der Waals surface area contributed by atoms with Gasteiger partial charge in [-0.3, -0.25) is 0 Å². The van der Waals surface area contributed by atoms with Gasteiger partial charge in [-0.15, -0.1) is 12.4 Å². The van der Waals surface area contributed by atoms with Gasteiger partial charge in [0.1, 0.15) is 11.5 Å². The predicted octanol–water partition coefficient (Wildman–Crippen LogP) is 6.51. The molecule has 0 aromatic heterocycles. The summed E-state index contributed by atoms with van der Waals surface area (Å²) in [6, 6.07) is 12.4. The maximum absolute atomic E-state index is 6.18. The quantitative estimate of drug-likeness (QED) is 0.368. The molecule has 2 aromatic rings. The summed E-state index contributed by atoms with van der Waals surface area (Å²) in [5.74, 6) is 1.57. The average molecular weight is 396 g/mol. The third kappa shape index (κ3) is 7.00. The van der Waals surface area contributed by atoms with Gasteiger partial charge in [-0.25, -0.2) is 0 Å². The molecule has 0 aliphatic carbocycles. The van der Waals surface area contributed by atoms with Crippen LogP contribution >= 0.6 is 24.2 Å². The fourth-order valence-corrected chi connectivity index (χ4v) is 3.17. The summed E-state index contributed by atoms with van der Waals surface area (Å²) in [5, 5.41) is 0. The Bertz CT molecular complexity index is 662. The van der Waals surface area contributed by atoms with Crippen LogP contribution < -0.4 is 15.2 Å². The molecule has 144 valence electrons. The van der Waals surface area contributed by atoms with Gasteiger partial charge in [0.05, 0.1) is 23.8 Å². The first-order chi connectivity index (χ1) is 12.1. The summed E-state index contributed by atoms with van der Waals surface area (Å²) in [7, 11) is 0. The lowest BCUT2D eigenvalue weighted by atomic mass is 10.2. The van der Waals surface area contributed by atoms with Crippen molar-refractivity contribution in [3.63, 3.8) is 0 Å². The van der Waals surface area contributed by atoms with Gasteiger partial charge in [-0.1, -0.05) is 56.1 Å². The Kier molecular flexibility index (Phi) is 10.4. The van der Waals surface area contributed by atoms with Gasteiger partial charge >= 0.3 is 0 Å². The number of anilines is 1. The molecule has 0 amide bonds. The van der Waals surface area contributed by atoms with Crippen LogP contribution in [0.4, 0.5) is 5.69 Å². The highest BCUT2D eigenvalue weighted by molar-refractivity contribution is 7.99. The van der Waals surface area contributed by atoms with Crippen molar-refractivity contribution < 1.29 is 9.47 Å². The molecule has 0 saturated heterocycles. The van der Waals surface area contributed by atoms with Gasteiger partial charge in [0.2, 0.25) is 0 Å². The van der Waals surface area contributed by atoms with Crippen LogP contribution in [0.5, 0.6) is 11.5 Å². The first-order valence-electron chi connectivity index (χ1n) is 9.07. The predicted molar refractivity (Wildman–Crippen MR) is 114 cm³/mol. The van der Waals surface area contributed by atoms with Crippen LogP contribution in [0.2, 0.25) is 0 Å². The van der Waals surface area contributed by atoms with Crippen molar-refractivity contribution >= 4 is 29.9 Å². The number of hydrogen-bond acceptors (Lipinski definition) is 4. The number of ether oxygens (including phenoxy) is 2. The van der Waals surface area contributed by atoms with Crippen molar-refractivity contribution in [2.45, 2.75) is 56.2 Å². The Hall–Kier alpha value is -1.52. The molecule has 3 nitrogen and oxygen atoms in total. The number of nitrogen functional groups attached to an aromatic ring is 1. The zero-order valence-electron chi connectivity index (χ0n) is 15.9. The number of benzene rings is 2. The first-order valence-corrected chi connectivity index (χ1v) is 9.89. The van der Waals surface area contributed by atoms with E-state index in [0.29, 0.717) is 18.9 Å². The topological polar surface area (TPSA) is 44.5 Å². The number of hydrogen-bond donors (Lipinski definition) is 1. The fraction of sp³-hybridized carbons (Fsp3) is 0.429. The molecule has 0 spiro atoms. The molecule has 0 atom stereocenters. The molecule has 0 saturated carbocycles. The molecule has 26 heavy (non-hydrogen) atoms. The Labute approximate surface area is 168 Å². The molecule has 0 bridgehead atoms. The van der Waals surface area contributed by atoms with E-state index in [1.165, 1.54) is 10.5 Å². The van der Waals surface area contributed by atoms with Crippen molar-refractivity contribution in [3.8, 4) is 11.5 Å². The Morgan fingerprint density at radius 3 is 2.04 bits per heavy atom. The Morgan fingerprint density at radius 2 is 1.46 bits per heavy atom. The zero-order valence-corrected chi connectivity index (χ0v) is 17.6. The van der Waals surface area contributed by atoms with Crippen LogP contribution in [0.15, 0.2) is 46.2 Å². The lowest BCUT2D eigenvalue weighted by Gasteiger charge is -2.16. The zero-order chi connectivity index (χ0) is 18.1. The minimum atomic E-state index is 0. The van der Waals surface area contributed by atoms with E-state index in [0.717, 1.165) is 42.1 Å². The highest BCUT2D eigenvalue weighted by Crippen LogP contribution is 2.40. The summed E-state index contributed by atoms with van der Waals surface area (Å²) >= 11 is 1.68. The third-order valence-corrected chi connectivity index (χ3v) is 4.88. The van der Waals surface area contributed by atoms with Crippen LogP contribution in [0, 0.1) is 6.92 Å². The number of nitrogens with two attached hydrogens (primary N) is 1. The fourth-order valence-electron chi connectivity index (χ4n) is 2.26. The molecule has 0 aliphatic heterocycles. The monoisotopic (exact) mass is 395 g/mol. The number of rotatable bonds is 10. The molecule has 2 N–H and O–H groups in total. The number of unbranched alkanes of at least 4 members (excludes halogenated alkanes) is 2. The second kappa shape index (κ2) is 12.0. The molecule has 0 fully saturated rings. The van der Waals surface area contributed by atoms with Crippen LogP contribution in [0.25, 0.3) is 0 Å². The largest absolute Gasteiger partial charge is 0.492 e. The van der Waals surface area contributed by atoms with E-state index in [4.69, 9.17) is 15.2 Å². The van der Waals surface area contributed by atoms with E-state index < -0.39 is 0 Å². The lowest BCUT2D eigenvalue weighted by molar-refractivity contribution is 0.296. The van der Waals surface area contributed by atoms with Gasteiger partial charge in [0.15, 0.2) is 0 Å². The van der Waals surface area contributed by atoms with Gasteiger partial charge < -0.3 is 15.2 Å². The molecule has 2 aromatic carbocycles. The van der Waals surface area contributed by atoms with E-state index in [9.17, 15) is 0 Å². The molecular formula is C21H30ClNO2S. The molecule has 2 rings (SSSR count). The van der Waals surface area contributed by atoms with Crippen LogP contribution in [0.3, 0.4) is 0 Å². The minimum Gasteiger partial charge on any atom is -0.492 e. The molecule has 0 radical (unpaired) electrons. The van der Waals surface area contributed by atoms with Gasteiger partial charge in [-0.2, -0.15) is 0 Å². The maximum atomic E-state index is 6.18. The average Bonchev–Trinajstić information content (AvgIpc) is 2.60. The highest BCUT2D eigenvalue weighted by atomic mass is 35.5. The molecule has 0 heterocycles. The van der Waals surface area contributed by atoms with Crippen LogP contribution in [0.1, 0.15) is 45.1 Å². The summed E-state index contributed by atoms with van der Waals surface area (Å²) in [6.07, 6.45) is 4.26. The number of aryl methyl sites for hydroxylation is 1. The van der Waals surface area contributed by atoms with Crippen molar-refractivity contribution in [1.82, 2.24) is 0 Å². The summed E-state index contributed by atoms with van der Waals surface area (Å²) in [6.45, 7) is 7.79. The molecular weight excluding hydrogens is 366 g/mol. The van der Waals surface area contributed by atoms with Crippen molar-refractivity contribution in [1.29, 1.82) is 0 Å². The normalized spacial score (nSPS) is 10.3. The molecule has 0 aliphatic rings. The van der Waals surface area contributed by atoms with Crippen molar-refractivity contribution in [2.24, 2.45) is 0 Å². The maximum Gasteiger partial charge on any atom is 0.143 e. The van der Waals surface area contributed by atoms with Crippen LogP contribution in [-0.4, -0.2) is 13.2 Å². The van der Waals surface area contributed by atoms with Crippen molar-refractivity contribution in [2.75, 3.05) is 18.9 Å². The minimum absolute atomic E-state index is 0. The van der Waals surface area contributed by atoms with Gasteiger partial charge in [0.25, 0.3) is 0 Å². The standard InChI is InChI=1S/C21H29NO2S.ClH/c1-4-6-12-23-19-15-21(25-17-10-8-16(3)9-11-17)20(14-18(19)22)24-13-7-5-2;/h8-11,14-15H,4-7,12-13,22H2,1-3H3;1H. The van der Waals surface area contributed by atoms with E-state index in [-0.39, 0.29) is 12.4 Å². The lowest BCUT2D eigenvalue weighted by Crippen LogP contribution is -2.03. The summed E-state index contributed by atoms with van der Waals surface area (Å²) in [4.78, 5) is 2.22. The van der Waals surface area contributed by atoms with E-state index in [1.54, 1.807) is 11.8 Å². The SMILES string of the molecule is CCCCOc1cc(Sc2ccc(C)cc2)c(OCCCC)cc1N.Cl. The third-order valence-electron chi connectivity index (χ3n) is 3.84. The van der Waals surface area contributed by atoms with Gasteiger partial charge in [-0.05, 0) is 38.0 Å². The van der Waals surface area contributed by atoms with Crippen LogP contribution in [-0.2, 0) is 0 Å². The number of halogens is 1. The molecule has 0 unspecified atom stereocenters. The second-order valence-corrected chi connectivity index (χ2v) is 7.27. The van der Waals surface area contributed by atoms with Gasteiger partial charge in [0, 0.05) is 11.0 Å². The smallest absolute Gasteiger partial charge is 0.143 e. The van der Waals surface area contributed by atoms with Crippen molar-refractivity contribution in [3.05, 3.63) is 42.0 Å². The Balaban J connectivity index is 0.00000338. The second-order valence-electron chi connectivity index (χ2n) is 6.16. The first kappa shape index (κ1) is 22.5. The van der Waals surface area contributed by atoms with E-state index in [1.807, 2.05) is 12.1 Å². The summed E-state index contributed by atoms with van der Waals surface area (Å²) < 4.78 is 11.8. The van der Waals surface area contributed by atoms with E-state index in [2.05, 4.69) is 45.0 Å². The Morgan fingerprint density at radius 1 is 0.885 bits per heavy atom. The van der Waals surface area contributed by atoms with E-state index >= 15 is 0 Å². The highest BCUT2D eigenvalue weighted by Gasteiger charge is 2.12. The summed E-state index contributed by atoms with van der Waals surface area (Å²) in [5.41, 5.74) is 8.07. The molecule has 5 heteroatoms.